The van der Waals surface area contributed by atoms with E-state index < -0.39 is 0 Å². The third kappa shape index (κ3) is 3.26. The van der Waals surface area contributed by atoms with Gasteiger partial charge in [0.15, 0.2) is 0 Å². The van der Waals surface area contributed by atoms with Crippen LogP contribution < -0.4 is 4.90 Å². The number of hydrogen-bond acceptors (Lipinski definition) is 3. The molecular formula is C20H21N3O. The Bertz CT molecular complexity index is 782. The maximum absolute atomic E-state index is 12.6. The molecule has 0 N–H and O–H groups in total. The molecule has 1 amide bonds. The lowest BCUT2D eigenvalue weighted by Gasteiger charge is -2.37. The molecule has 0 radical (unpaired) electrons. The van der Waals surface area contributed by atoms with Crippen molar-refractivity contribution in [2.45, 2.75) is 13.8 Å². The van der Waals surface area contributed by atoms with Crippen LogP contribution in [0.2, 0.25) is 0 Å². The predicted octanol–water partition coefficient (Wildman–Crippen LogP) is 3.14. The molecule has 0 atom stereocenters. The Hall–Kier alpha value is -2.80. The average molecular weight is 319 g/mol. The second-order valence-electron chi connectivity index (χ2n) is 6.26. The van der Waals surface area contributed by atoms with Crippen molar-refractivity contribution >= 4 is 11.6 Å². The number of carbonyl (C=O) groups excluding carboxylic acids is 1. The van der Waals surface area contributed by atoms with Gasteiger partial charge in [-0.3, -0.25) is 4.79 Å². The van der Waals surface area contributed by atoms with Crippen molar-refractivity contribution in [3.63, 3.8) is 0 Å². The number of amides is 1. The molecule has 0 saturated carbocycles. The molecule has 1 fully saturated rings. The van der Waals surface area contributed by atoms with Crippen molar-refractivity contribution in [1.82, 2.24) is 4.90 Å². The van der Waals surface area contributed by atoms with Gasteiger partial charge in [0.05, 0.1) is 11.6 Å². The Morgan fingerprint density at radius 1 is 1.00 bits per heavy atom. The SMILES string of the molecule is Cc1ccc(C)c(N2CCN(C(=O)c3ccc(C#N)cc3)CC2)c1. The quantitative estimate of drug-likeness (QED) is 0.854. The molecule has 0 aromatic heterocycles. The van der Waals surface area contributed by atoms with Crippen LogP contribution in [0.1, 0.15) is 27.0 Å². The molecule has 4 nitrogen and oxygen atoms in total. The molecule has 122 valence electrons. The van der Waals surface area contributed by atoms with Gasteiger partial charge in [0, 0.05) is 37.4 Å². The smallest absolute Gasteiger partial charge is 0.253 e. The lowest BCUT2D eigenvalue weighted by Crippen LogP contribution is -2.49. The lowest BCUT2D eigenvalue weighted by atomic mass is 10.1. The molecule has 4 heteroatoms. The van der Waals surface area contributed by atoms with Gasteiger partial charge in [-0.2, -0.15) is 5.26 Å². The van der Waals surface area contributed by atoms with E-state index in [1.165, 1.54) is 16.8 Å². The number of benzene rings is 2. The molecule has 1 heterocycles. The first-order chi connectivity index (χ1) is 11.6. The number of rotatable bonds is 2. The summed E-state index contributed by atoms with van der Waals surface area (Å²) < 4.78 is 0. The van der Waals surface area contributed by atoms with Crippen LogP contribution in [-0.2, 0) is 0 Å². The molecule has 0 unspecified atom stereocenters. The van der Waals surface area contributed by atoms with Crippen molar-refractivity contribution < 1.29 is 4.79 Å². The van der Waals surface area contributed by atoms with Crippen molar-refractivity contribution in [3.8, 4) is 6.07 Å². The summed E-state index contributed by atoms with van der Waals surface area (Å²) in [5.74, 6) is 0.0418. The van der Waals surface area contributed by atoms with Gasteiger partial charge in [0.2, 0.25) is 0 Å². The second kappa shape index (κ2) is 6.76. The lowest BCUT2D eigenvalue weighted by molar-refractivity contribution is 0.0747. The van der Waals surface area contributed by atoms with Gasteiger partial charge in [-0.05, 0) is 55.3 Å². The summed E-state index contributed by atoms with van der Waals surface area (Å²) in [5.41, 5.74) is 5.01. The minimum atomic E-state index is 0.0418. The summed E-state index contributed by atoms with van der Waals surface area (Å²) in [4.78, 5) is 16.8. The van der Waals surface area contributed by atoms with Crippen LogP contribution in [0.4, 0.5) is 5.69 Å². The zero-order valence-corrected chi connectivity index (χ0v) is 14.1. The summed E-state index contributed by atoms with van der Waals surface area (Å²) in [6.45, 7) is 7.34. The summed E-state index contributed by atoms with van der Waals surface area (Å²) in [6, 6.07) is 15.4. The Morgan fingerprint density at radius 3 is 2.29 bits per heavy atom. The van der Waals surface area contributed by atoms with Crippen molar-refractivity contribution in [3.05, 3.63) is 64.7 Å². The van der Waals surface area contributed by atoms with E-state index in [1.807, 2.05) is 4.90 Å². The highest BCUT2D eigenvalue weighted by atomic mass is 16.2. The average Bonchev–Trinajstić information content (AvgIpc) is 2.63. The number of nitriles is 1. The normalized spacial score (nSPS) is 14.4. The van der Waals surface area contributed by atoms with Crippen molar-refractivity contribution in [2.75, 3.05) is 31.1 Å². The summed E-state index contributed by atoms with van der Waals surface area (Å²) in [7, 11) is 0. The van der Waals surface area contributed by atoms with Crippen LogP contribution in [0, 0.1) is 25.2 Å². The number of carbonyl (C=O) groups is 1. The van der Waals surface area contributed by atoms with Gasteiger partial charge in [0.25, 0.3) is 5.91 Å². The van der Waals surface area contributed by atoms with E-state index in [0.717, 1.165) is 13.1 Å². The highest BCUT2D eigenvalue weighted by Gasteiger charge is 2.23. The van der Waals surface area contributed by atoms with Crippen molar-refractivity contribution in [2.24, 2.45) is 0 Å². The Labute approximate surface area is 142 Å². The number of anilines is 1. The van der Waals surface area contributed by atoms with E-state index in [1.54, 1.807) is 24.3 Å². The molecule has 3 rings (SSSR count). The van der Waals surface area contributed by atoms with Crippen LogP contribution in [0.25, 0.3) is 0 Å². The van der Waals surface area contributed by atoms with Crippen LogP contribution in [0.15, 0.2) is 42.5 Å². The molecule has 24 heavy (non-hydrogen) atoms. The number of nitrogens with zero attached hydrogens (tertiary/aromatic N) is 3. The Kier molecular flexibility index (Phi) is 4.52. The van der Waals surface area contributed by atoms with Crippen LogP contribution in [0.5, 0.6) is 0 Å². The highest BCUT2D eigenvalue weighted by molar-refractivity contribution is 5.94. The molecule has 0 spiro atoms. The fourth-order valence-electron chi connectivity index (χ4n) is 3.08. The third-order valence-corrected chi connectivity index (χ3v) is 4.53. The minimum absolute atomic E-state index is 0.0418. The fraction of sp³-hybridized carbons (Fsp3) is 0.300. The number of aryl methyl sites for hydroxylation is 2. The monoisotopic (exact) mass is 319 g/mol. The minimum Gasteiger partial charge on any atom is -0.368 e. The summed E-state index contributed by atoms with van der Waals surface area (Å²) in [6.07, 6.45) is 0. The fourth-order valence-corrected chi connectivity index (χ4v) is 3.08. The van der Waals surface area contributed by atoms with Gasteiger partial charge in [-0.1, -0.05) is 12.1 Å². The standard InChI is InChI=1S/C20H21N3O/c1-15-3-4-16(2)19(13-15)22-9-11-23(12-10-22)20(24)18-7-5-17(14-21)6-8-18/h3-8,13H,9-12H2,1-2H3. The first-order valence-electron chi connectivity index (χ1n) is 8.20. The zero-order valence-electron chi connectivity index (χ0n) is 14.1. The van der Waals surface area contributed by atoms with Gasteiger partial charge < -0.3 is 9.80 Å². The van der Waals surface area contributed by atoms with E-state index >= 15 is 0 Å². The molecule has 0 bridgehead atoms. The number of piperazine rings is 1. The molecule has 2 aromatic rings. The zero-order chi connectivity index (χ0) is 17.1. The van der Waals surface area contributed by atoms with Crippen LogP contribution >= 0.6 is 0 Å². The molecule has 2 aromatic carbocycles. The predicted molar refractivity (Wildman–Crippen MR) is 95.2 cm³/mol. The summed E-state index contributed by atoms with van der Waals surface area (Å²) in [5, 5.41) is 8.84. The summed E-state index contributed by atoms with van der Waals surface area (Å²) >= 11 is 0. The third-order valence-electron chi connectivity index (χ3n) is 4.53. The van der Waals surface area contributed by atoms with Gasteiger partial charge in [-0.25, -0.2) is 0 Å². The first kappa shape index (κ1) is 16.1. The van der Waals surface area contributed by atoms with E-state index in [-0.39, 0.29) is 5.91 Å². The highest BCUT2D eigenvalue weighted by Crippen LogP contribution is 2.23. The van der Waals surface area contributed by atoms with Crippen LogP contribution in [-0.4, -0.2) is 37.0 Å². The molecule has 1 aliphatic heterocycles. The van der Waals surface area contributed by atoms with Gasteiger partial charge in [0.1, 0.15) is 0 Å². The van der Waals surface area contributed by atoms with E-state index in [9.17, 15) is 4.79 Å². The van der Waals surface area contributed by atoms with Crippen molar-refractivity contribution in [1.29, 1.82) is 5.26 Å². The molecule has 1 saturated heterocycles. The van der Waals surface area contributed by atoms with Gasteiger partial charge in [-0.15, -0.1) is 0 Å². The molecule has 0 aliphatic carbocycles. The van der Waals surface area contributed by atoms with Crippen LogP contribution in [0.3, 0.4) is 0 Å². The van der Waals surface area contributed by atoms with E-state index in [4.69, 9.17) is 5.26 Å². The molecular weight excluding hydrogens is 298 g/mol. The number of hydrogen-bond donors (Lipinski definition) is 0. The molecule has 1 aliphatic rings. The van der Waals surface area contributed by atoms with E-state index in [2.05, 4.69) is 43.0 Å². The largest absolute Gasteiger partial charge is 0.368 e. The maximum Gasteiger partial charge on any atom is 0.253 e. The topological polar surface area (TPSA) is 47.3 Å². The van der Waals surface area contributed by atoms with E-state index in [0.29, 0.717) is 24.2 Å². The Balaban J connectivity index is 1.67. The maximum atomic E-state index is 12.6. The van der Waals surface area contributed by atoms with Gasteiger partial charge >= 0.3 is 0 Å². The first-order valence-corrected chi connectivity index (χ1v) is 8.20. The second-order valence-corrected chi connectivity index (χ2v) is 6.26. The Morgan fingerprint density at radius 2 is 1.67 bits per heavy atom.